The number of rotatable bonds is 3. The molecule has 0 fully saturated rings. The van der Waals surface area contributed by atoms with Gasteiger partial charge in [-0.25, -0.2) is 4.98 Å². The van der Waals surface area contributed by atoms with Crippen molar-refractivity contribution in [3.63, 3.8) is 0 Å². The van der Waals surface area contributed by atoms with E-state index in [4.69, 9.17) is 5.73 Å². The molecule has 2 aromatic heterocycles. The van der Waals surface area contributed by atoms with Crippen molar-refractivity contribution < 1.29 is 4.79 Å². The Morgan fingerprint density at radius 2 is 2.12 bits per heavy atom. The molecule has 4 N–H and O–H groups in total. The molecule has 0 aliphatic carbocycles. The molecule has 0 unspecified atom stereocenters. The van der Waals surface area contributed by atoms with Crippen LogP contribution in [0.15, 0.2) is 41.6 Å². The van der Waals surface area contributed by atoms with Gasteiger partial charge in [-0.3, -0.25) is 9.59 Å². The van der Waals surface area contributed by atoms with Crippen molar-refractivity contribution in [1.29, 1.82) is 0 Å². The summed E-state index contributed by atoms with van der Waals surface area (Å²) in [7, 11) is 0. The molecule has 7 nitrogen and oxygen atoms in total. The molecular weight excluding hydrogens is 318 g/mol. The van der Waals surface area contributed by atoms with Gasteiger partial charge in [0, 0.05) is 48.9 Å². The second kappa shape index (κ2) is 6.18. The Hall–Kier alpha value is -2.93. The van der Waals surface area contributed by atoms with Crippen molar-refractivity contribution in [2.75, 3.05) is 6.54 Å². The molecule has 25 heavy (non-hydrogen) atoms. The Kier molecular flexibility index (Phi) is 3.85. The topological polar surface area (TPSA) is 108 Å². The highest BCUT2D eigenvalue weighted by atomic mass is 16.2. The van der Waals surface area contributed by atoms with Crippen LogP contribution in [0, 0.1) is 0 Å². The van der Waals surface area contributed by atoms with Crippen molar-refractivity contribution in [2.45, 2.75) is 25.4 Å². The lowest BCUT2D eigenvalue weighted by molar-refractivity contribution is -0.133. The summed E-state index contributed by atoms with van der Waals surface area (Å²) in [4.78, 5) is 36.6. The average molecular weight is 337 g/mol. The van der Waals surface area contributed by atoms with E-state index in [0.29, 0.717) is 31.3 Å². The SMILES string of the molecule is N[C@H](Cc1cnc[nH]1)C(=O)N1CCc2[nH]c(=O)c3ccccc3c2C1. The van der Waals surface area contributed by atoms with E-state index in [-0.39, 0.29) is 11.5 Å². The molecule has 0 saturated heterocycles. The van der Waals surface area contributed by atoms with Crippen molar-refractivity contribution in [3.05, 3.63) is 64.1 Å². The van der Waals surface area contributed by atoms with E-state index < -0.39 is 6.04 Å². The van der Waals surface area contributed by atoms with Gasteiger partial charge >= 0.3 is 0 Å². The number of nitrogens with two attached hydrogens (primary N) is 1. The fourth-order valence-electron chi connectivity index (χ4n) is 3.44. The van der Waals surface area contributed by atoms with Crippen molar-refractivity contribution >= 4 is 16.7 Å². The van der Waals surface area contributed by atoms with Gasteiger partial charge in [0.25, 0.3) is 5.56 Å². The molecule has 0 bridgehead atoms. The Morgan fingerprint density at radius 1 is 1.32 bits per heavy atom. The van der Waals surface area contributed by atoms with Crippen LogP contribution in [-0.4, -0.2) is 38.3 Å². The molecule has 7 heteroatoms. The van der Waals surface area contributed by atoms with Crippen LogP contribution in [0.5, 0.6) is 0 Å². The summed E-state index contributed by atoms with van der Waals surface area (Å²) < 4.78 is 0. The van der Waals surface area contributed by atoms with Gasteiger partial charge in [0.05, 0.1) is 12.4 Å². The van der Waals surface area contributed by atoms with Gasteiger partial charge in [0.1, 0.15) is 0 Å². The molecule has 0 saturated carbocycles. The minimum Gasteiger partial charge on any atom is -0.348 e. The van der Waals surface area contributed by atoms with Crippen molar-refractivity contribution in [2.24, 2.45) is 5.73 Å². The zero-order valence-electron chi connectivity index (χ0n) is 13.7. The molecule has 4 rings (SSSR count). The Balaban J connectivity index is 1.61. The van der Waals surface area contributed by atoms with Gasteiger partial charge in [-0.05, 0) is 17.0 Å². The third kappa shape index (κ3) is 2.83. The summed E-state index contributed by atoms with van der Waals surface area (Å²) in [6, 6.07) is 6.88. The standard InChI is InChI=1S/C18H19N5O2/c19-15(7-11-8-20-10-21-11)18(25)23-6-5-16-14(9-23)12-3-1-2-4-13(12)17(24)22-16/h1-4,8,10,15H,5-7,9,19H2,(H,20,21)(H,22,24)/t15-/m1/s1. The van der Waals surface area contributed by atoms with Gasteiger partial charge in [-0.1, -0.05) is 18.2 Å². The molecule has 3 heterocycles. The second-order valence-corrected chi connectivity index (χ2v) is 6.35. The fraction of sp³-hybridized carbons (Fsp3) is 0.278. The van der Waals surface area contributed by atoms with E-state index in [1.54, 1.807) is 23.5 Å². The molecule has 0 spiro atoms. The molecule has 3 aromatic rings. The van der Waals surface area contributed by atoms with Crippen LogP contribution < -0.4 is 11.3 Å². The van der Waals surface area contributed by atoms with E-state index in [2.05, 4.69) is 15.0 Å². The first kappa shape index (κ1) is 15.6. The summed E-state index contributed by atoms with van der Waals surface area (Å²) in [5, 5.41) is 1.55. The molecule has 1 aliphatic heterocycles. The Bertz CT molecular complexity index is 977. The fourth-order valence-corrected chi connectivity index (χ4v) is 3.44. The Labute approximate surface area is 143 Å². The van der Waals surface area contributed by atoms with E-state index in [1.165, 1.54) is 0 Å². The molecule has 1 aliphatic rings. The summed E-state index contributed by atoms with van der Waals surface area (Å²) in [5.74, 6) is -0.0875. The lowest BCUT2D eigenvalue weighted by Crippen LogP contribution is -2.47. The van der Waals surface area contributed by atoms with Gasteiger partial charge in [0.2, 0.25) is 5.91 Å². The highest BCUT2D eigenvalue weighted by Gasteiger charge is 2.27. The first-order valence-corrected chi connectivity index (χ1v) is 8.28. The van der Waals surface area contributed by atoms with Gasteiger partial charge < -0.3 is 20.6 Å². The number of nitrogens with zero attached hydrogens (tertiary/aromatic N) is 2. The number of hydrogen-bond donors (Lipinski definition) is 3. The van der Waals surface area contributed by atoms with Crippen molar-refractivity contribution in [3.8, 4) is 0 Å². The minimum atomic E-state index is -0.615. The second-order valence-electron chi connectivity index (χ2n) is 6.35. The molecule has 0 radical (unpaired) electrons. The number of aromatic nitrogens is 3. The predicted molar refractivity (Wildman–Crippen MR) is 94.0 cm³/mol. The first-order chi connectivity index (χ1) is 12.1. The maximum Gasteiger partial charge on any atom is 0.256 e. The van der Waals surface area contributed by atoms with E-state index >= 15 is 0 Å². The van der Waals surface area contributed by atoms with Crippen LogP contribution in [0.4, 0.5) is 0 Å². The molecule has 1 atom stereocenters. The third-order valence-corrected chi connectivity index (χ3v) is 4.73. The zero-order valence-corrected chi connectivity index (χ0v) is 13.7. The zero-order chi connectivity index (χ0) is 17.4. The predicted octanol–water partition coefficient (Wildman–Crippen LogP) is 0.706. The summed E-state index contributed by atoms with van der Waals surface area (Å²) in [6.07, 6.45) is 4.30. The van der Waals surface area contributed by atoms with Crippen LogP contribution in [0.25, 0.3) is 10.8 Å². The van der Waals surface area contributed by atoms with Crippen LogP contribution in [-0.2, 0) is 24.2 Å². The smallest absolute Gasteiger partial charge is 0.256 e. The monoisotopic (exact) mass is 337 g/mol. The highest BCUT2D eigenvalue weighted by molar-refractivity contribution is 5.87. The maximum atomic E-state index is 12.7. The van der Waals surface area contributed by atoms with Crippen LogP contribution in [0.3, 0.4) is 0 Å². The number of carbonyl (C=O) groups is 1. The number of imidazole rings is 1. The van der Waals surface area contributed by atoms with Gasteiger partial charge in [-0.15, -0.1) is 0 Å². The number of amides is 1. The number of hydrogen-bond acceptors (Lipinski definition) is 4. The summed E-state index contributed by atoms with van der Waals surface area (Å²) in [5.41, 5.74) is 8.78. The number of pyridine rings is 1. The van der Waals surface area contributed by atoms with Crippen LogP contribution in [0.2, 0.25) is 0 Å². The Morgan fingerprint density at radius 3 is 2.88 bits per heavy atom. The average Bonchev–Trinajstić information content (AvgIpc) is 3.14. The van der Waals surface area contributed by atoms with Crippen molar-refractivity contribution in [1.82, 2.24) is 19.9 Å². The quantitative estimate of drug-likeness (QED) is 0.654. The number of nitrogens with one attached hydrogen (secondary N) is 2. The lowest BCUT2D eigenvalue weighted by Gasteiger charge is -2.31. The normalized spacial score (nSPS) is 15.2. The summed E-state index contributed by atoms with van der Waals surface area (Å²) >= 11 is 0. The largest absolute Gasteiger partial charge is 0.348 e. The van der Waals surface area contributed by atoms with Crippen LogP contribution >= 0.6 is 0 Å². The number of aromatic amines is 2. The van der Waals surface area contributed by atoms with Crippen LogP contribution in [0.1, 0.15) is 17.0 Å². The van der Waals surface area contributed by atoms with Gasteiger partial charge in [0.15, 0.2) is 0 Å². The first-order valence-electron chi connectivity index (χ1n) is 8.28. The number of carbonyl (C=O) groups excluding carboxylic acids is 1. The van der Waals surface area contributed by atoms with E-state index in [1.807, 2.05) is 18.2 Å². The van der Waals surface area contributed by atoms with Gasteiger partial charge in [-0.2, -0.15) is 0 Å². The number of fused-ring (bicyclic) bond motifs is 3. The lowest BCUT2D eigenvalue weighted by atomic mass is 9.98. The molecule has 1 aromatic carbocycles. The molecule has 128 valence electrons. The minimum absolute atomic E-state index is 0.0786. The maximum absolute atomic E-state index is 12.7. The molecular formula is C18H19N5O2. The molecule has 1 amide bonds. The number of H-pyrrole nitrogens is 2. The summed E-state index contributed by atoms with van der Waals surface area (Å²) in [6.45, 7) is 1.01. The van der Waals surface area contributed by atoms with E-state index in [9.17, 15) is 9.59 Å². The highest BCUT2D eigenvalue weighted by Crippen LogP contribution is 2.24. The number of benzene rings is 1. The third-order valence-electron chi connectivity index (χ3n) is 4.73. The van der Waals surface area contributed by atoms with E-state index in [0.717, 1.165) is 22.3 Å².